The number of carbonyl (C=O) groups is 2. The maximum atomic E-state index is 11.6. The molecule has 1 saturated heterocycles. The van der Waals surface area contributed by atoms with Gasteiger partial charge in [0.15, 0.2) is 5.17 Å². The number of ether oxygens (including phenoxy) is 1. The van der Waals surface area contributed by atoms with Crippen molar-refractivity contribution < 1.29 is 19.4 Å². The van der Waals surface area contributed by atoms with Crippen LogP contribution in [0.1, 0.15) is 12.0 Å². The molecule has 1 aliphatic heterocycles. The SMILES string of the molecule is COc1ccc2cc(C=NN=C3NC(=O)C(CC(=O)O)S3)ccc2c1. The molecule has 3 rings (SSSR count). The van der Waals surface area contributed by atoms with Crippen LogP contribution in [0, 0.1) is 0 Å². The third kappa shape index (κ3) is 4.16. The first-order valence-corrected chi connectivity index (χ1v) is 8.31. The lowest BCUT2D eigenvalue weighted by atomic mass is 10.1. The van der Waals surface area contributed by atoms with Gasteiger partial charge in [0, 0.05) is 0 Å². The van der Waals surface area contributed by atoms with Gasteiger partial charge in [-0.1, -0.05) is 30.0 Å². The molecule has 0 spiro atoms. The first kappa shape index (κ1) is 17.0. The monoisotopic (exact) mass is 357 g/mol. The highest BCUT2D eigenvalue weighted by Crippen LogP contribution is 2.23. The molecular weight excluding hydrogens is 342 g/mol. The normalized spacial score (nSPS) is 18.8. The Morgan fingerprint density at radius 3 is 2.84 bits per heavy atom. The summed E-state index contributed by atoms with van der Waals surface area (Å²) in [5.41, 5.74) is 0.860. The standard InChI is InChI=1S/C17H15N3O4S/c1-24-13-5-4-11-6-10(2-3-12(11)7-13)9-18-20-17-19-16(23)14(25-17)8-15(21)22/h2-7,9,14H,8H2,1H3,(H,21,22)(H,19,20,23). The Kier molecular flexibility index (Phi) is 4.99. The number of amidine groups is 1. The number of benzene rings is 2. The van der Waals surface area contributed by atoms with Gasteiger partial charge in [0.05, 0.1) is 19.7 Å². The Bertz CT molecular complexity index is 895. The van der Waals surface area contributed by atoms with Crippen molar-refractivity contribution in [2.45, 2.75) is 11.7 Å². The molecule has 0 radical (unpaired) electrons. The summed E-state index contributed by atoms with van der Waals surface area (Å²) >= 11 is 1.07. The fraction of sp³-hybridized carbons (Fsp3) is 0.176. The van der Waals surface area contributed by atoms with Gasteiger partial charge in [-0.25, -0.2) is 0 Å². The Hall–Kier alpha value is -2.87. The minimum atomic E-state index is -1.02. The van der Waals surface area contributed by atoms with Crippen LogP contribution in [-0.2, 0) is 9.59 Å². The number of carboxylic acids is 1. The van der Waals surface area contributed by atoms with Crippen molar-refractivity contribution in [2.24, 2.45) is 10.2 Å². The Morgan fingerprint density at radius 1 is 1.32 bits per heavy atom. The van der Waals surface area contributed by atoms with E-state index in [-0.39, 0.29) is 12.3 Å². The van der Waals surface area contributed by atoms with Crippen LogP contribution >= 0.6 is 11.8 Å². The molecule has 2 N–H and O–H groups in total. The number of hydrogen-bond acceptors (Lipinski definition) is 6. The van der Waals surface area contributed by atoms with E-state index in [1.807, 2.05) is 36.4 Å². The molecule has 25 heavy (non-hydrogen) atoms. The first-order valence-electron chi connectivity index (χ1n) is 7.43. The number of aliphatic carboxylic acids is 1. The number of fused-ring (bicyclic) bond motifs is 1. The molecule has 0 aliphatic carbocycles. The van der Waals surface area contributed by atoms with E-state index in [1.165, 1.54) is 0 Å². The van der Waals surface area contributed by atoms with Crippen LogP contribution in [0.2, 0.25) is 0 Å². The van der Waals surface area contributed by atoms with Crippen molar-refractivity contribution in [3.63, 3.8) is 0 Å². The van der Waals surface area contributed by atoms with E-state index in [9.17, 15) is 9.59 Å². The average Bonchev–Trinajstić information content (AvgIpc) is 2.93. The molecule has 1 amide bonds. The summed E-state index contributed by atoms with van der Waals surface area (Å²) in [6, 6.07) is 11.6. The molecule has 128 valence electrons. The minimum Gasteiger partial charge on any atom is -0.497 e. The third-order valence-electron chi connectivity index (χ3n) is 3.56. The number of thioether (sulfide) groups is 1. The predicted octanol–water partition coefficient (Wildman–Crippen LogP) is 2.24. The van der Waals surface area contributed by atoms with Gasteiger partial charge < -0.3 is 15.2 Å². The molecule has 1 fully saturated rings. The largest absolute Gasteiger partial charge is 0.497 e. The number of carboxylic acid groups (broad SMARTS) is 1. The smallest absolute Gasteiger partial charge is 0.305 e. The Balaban J connectivity index is 1.71. The number of hydrogen-bond donors (Lipinski definition) is 2. The molecular formula is C17H15N3O4S. The first-order chi connectivity index (χ1) is 12.0. The van der Waals surface area contributed by atoms with Gasteiger partial charge in [-0.15, -0.1) is 5.10 Å². The molecule has 0 bridgehead atoms. The molecule has 1 atom stereocenters. The number of rotatable bonds is 5. The molecule has 7 nitrogen and oxygen atoms in total. The van der Waals surface area contributed by atoms with Gasteiger partial charge in [0.2, 0.25) is 5.91 Å². The van der Waals surface area contributed by atoms with Crippen LogP contribution in [0.25, 0.3) is 10.8 Å². The topological polar surface area (TPSA) is 100 Å². The molecule has 0 aromatic heterocycles. The van der Waals surface area contributed by atoms with E-state index in [4.69, 9.17) is 9.84 Å². The van der Waals surface area contributed by atoms with Crippen molar-refractivity contribution in [3.05, 3.63) is 42.0 Å². The van der Waals surface area contributed by atoms with E-state index in [0.29, 0.717) is 5.17 Å². The number of amides is 1. The van der Waals surface area contributed by atoms with Crippen LogP contribution in [0.5, 0.6) is 5.75 Å². The van der Waals surface area contributed by atoms with E-state index in [1.54, 1.807) is 13.3 Å². The van der Waals surface area contributed by atoms with Gasteiger partial charge in [0.25, 0.3) is 0 Å². The van der Waals surface area contributed by atoms with E-state index in [2.05, 4.69) is 15.5 Å². The van der Waals surface area contributed by atoms with Crippen LogP contribution in [0.4, 0.5) is 0 Å². The summed E-state index contributed by atoms with van der Waals surface area (Å²) < 4.78 is 5.20. The zero-order valence-corrected chi connectivity index (χ0v) is 14.1. The van der Waals surface area contributed by atoms with Crippen molar-refractivity contribution in [1.82, 2.24) is 5.32 Å². The summed E-state index contributed by atoms with van der Waals surface area (Å²) in [4.78, 5) is 22.3. The summed E-state index contributed by atoms with van der Waals surface area (Å²) in [6.07, 6.45) is 1.33. The lowest BCUT2D eigenvalue weighted by molar-refractivity contribution is -0.138. The third-order valence-corrected chi connectivity index (χ3v) is 4.64. The molecule has 8 heteroatoms. The van der Waals surface area contributed by atoms with Crippen molar-refractivity contribution in [3.8, 4) is 5.75 Å². The van der Waals surface area contributed by atoms with Crippen LogP contribution in [-0.4, -0.2) is 40.7 Å². The highest BCUT2D eigenvalue weighted by atomic mass is 32.2. The molecule has 0 saturated carbocycles. The number of nitrogens with one attached hydrogen (secondary N) is 1. The van der Waals surface area contributed by atoms with Crippen molar-refractivity contribution in [1.29, 1.82) is 0 Å². The quantitative estimate of drug-likeness (QED) is 0.631. The molecule has 1 unspecified atom stereocenters. The van der Waals surface area contributed by atoms with Gasteiger partial charge in [-0.05, 0) is 34.5 Å². The summed E-state index contributed by atoms with van der Waals surface area (Å²) in [6.45, 7) is 0. The maximum Gasteiger partial charge on any atom is 0.305 e. The second kappa shape index (κ2) is 7.35. The Labute approximate surface area is 147 Å². The average molecular weight is 357 g/mol. The second-order valence-corrected chi connectivity index (χ2v) is 6.51. The lowest BCUT2D eigenvalue weighted by Gasteiger charge is -2.03. The van der Waals surface area contributed by atoms with Gasteiger partial charge in [-0.2, -0.15) is 5.10 Å². The Morgan fingerprint density at radius 2 is 2.08 bits per heavy atom. The van der Waals surface area contributed by atoms with Gasteiger partial charge in [-0.3, -0.25) is 9.59 Å². The molecule has 1 aliphatic rings. The van der Waals surface area contributed by atoms with Crippen molar-refractivity contribution >= 4 is 45.8 Å². The number of methoxy groups -OCH3 is 1. The summed E-state index contributed by atoms with van der Waals surface area (Å²) in [5, 5.41) is 20.9. The van der Waals surface area contributed by atoms with Crippen LogP contribution in [0.3, 0.4) is 0 Å². The van der Waals surface area contributed by atoms with Crippen LogP contribution in [0.15, 0.2) is 46.6 Å². The fourth-order valence-electron chi connectivity index (χ4n) is 2.34. The van der Waals surface area contributed by atoms with E-state index < -0.39 is 11.2 Å². The lowest BCUT2D eigenvalue weighted by Crippen LogP contribution is -2.26. The number of nitrogens with zero attached hydrogens (tertiary/aromatic N) is 2. The predicted molar refractivity (Wildman–Crippen MR) is 97.3 cm³/mol. The van der Waals surface area contributed by atoms with Gasteiger partial charge in [0.1, 0.15) is 11.0 Å². The number of carbonyl (C=O) groups excluding carboxylic acids is 1. The fourth-order valence-corrected chi connectivity index (χ4v) is 3.26. The highest BCUT2D eigenvalue weighted by Gasteiger charge is 2.32. The maximum absolute atomic E-state index is 11.6. The van der Waals surface area contributed by atoms with Gasteiger partial charge >= 0.3 is 5.97 Å². The van der Waals surface area contributed by atoms with Crippen molar-refractivity contribution in [2.75, 3.05) is 7.11 Å². The van der Waals surface area contributed by atoms with E-state index in [0.717, 1.165) is 33.8 Å². The minimum absolute atomic E-state index is 0.243. The molecule has 2 aromatic carbocycles. The van der Waals surface area contributed by atoms with E-state index >= 15 is 0 Å². The van der Waals surface area contributed by atoms with Crippen LogP contribution < -0.4 is 10.1 Å². The second-order valence-electron chi connectivity index (χ2n) is 5.32. The molecule has 2 aromatic rings. The zero-order valence-electron chi connectivity index (χ0n) is 13.3. The summed E-state index contributed by atoms with van der Waals surface area (Å²) in [7, 11) is 1.63. The summed E-state index contributed by atoms with van der Waals surface area (Å²) in [5.74, 6) is -0.587. The molecule has 1 heterocycles. The zero-order chi connectivity index (χ0) is 17.8. The highest BCUT2D eigenvalue weighted by molar-refractivity contribution is 8.15.